The van der Waals surface area contributed by atoms with Gasteiger partial charge in [-0.25, -0.2) is 4.79 Å². The van der Waals surface area contributed by atoms with Gasteiger partial charge in [-0.05, 0) is 23.8 Å². The first-order chi connectivity index (χ1) is 9.49. The predicted molar refractivity (Wildman–Crippen MR) is 74.1 cm³/mol. The summed E-state index contributed by atoms with van der Waals surface area (Å²) in [7, 11) is 0. The molecule has 0 radical (unpaired) electrons. The van der Waals surface area contributed by atoms with E-state index in [0.717, 1.165) is 0 Å². The Labute approximate surface area is 126 Å². The Bertz CT molecular complexity index is 535. The van der Waals surface area contributed by atoms with Crippen molar-refractivity contribution < 1.29 is 19.4 Å². The summed E-state index contributed by atoms with van der Waals surface area (Å²) in [6, 6.07) is 3.90. The van der Waals surface area contributed by atoms with Crippen LogP contribution in [0.4, 0.5) is 0 Å². The van der Waals surface area contributed by atoms with E-state index < -0.39 is 12.0 Å². The molecule has 0 saturated carbocycles. The number of rotatable bonds is 3. The summed E-state index contributed by atoms with van der Waals surface area (Å²) in [6.45, 7) is 0.594. The number of morpholine rings is 1. The van der Waals surface area contributed by atoms with Crippen LogP contribution < -0.4 is 0 Å². The lowest BCUT2D eigenvalue weighted by molar-refractivity contribution is -0.158. The maximum absolute atomic E-state index is 12.3. The molecule has 1 heterocycles. The third kappa shape index (κ3) is 3.42. The largest absolute Gasteiger partial charge is 0.480 e. The van der Waals surface area contributed by atoms with Crippen molar-refractivity contribution >= 4 is 35.1 Å². The molecule has 0 aromatic heterocycles. The van der Waals surface area contributed by atoms with Crippen molar-refractivity contribution in [2.75, 3.05) is 19.8 Å². The van der Waals surface area contributed by atoms with Crippen LogP contribution in [0, 0.1) is 0 Å². The van der Waals surface area contributed by atoms with Crippen LogP contribution in [0.5, 0.6) is 0 Å². The van der Waals surface area contributed by atoms with E-state index in [1.165, 1.54) is 4.90 Å². The molecule has 1 unspecified atom stereocenters. The monoisotopic (exact) mass is 317 g/mol. The van der Waals surface area contributed by atoms with E-state index in [4.69, 9.17) is 33.0 Å². The second kappa shape index (κ2) is 6.43. The number of hydrogen-bond donors (Lipinski definition) is 1. The van der Waals surface area contributed by atoms with Crippen LogP contribution in [-0.4, -0.2) is 47.7 Å². The van der Waals surface area contributed by atoms with Gasteiger partial charge in [-0.2, -0.15) is 0 Å². The van der Waals surface area contributed by atoms with Gasteiger partial charge < -0.3 is 14.7 Å². The van der Waals surface area contributed by atoms with Gasteiger partial charge in [0.15, 0.2) is 6.04 Å². The van der Waals surface area contributed by atoms with Gasteiger partial charge in [0.2, 0.25) is 5.91 Å². The highest BCUT2D eigenvalue weighted by Gasteiger charge is 2.32. The third-order valence-electron chi connectivity index (χ3n) is 3.08. The maximum atomic E-state index is 12.3. The summed E-state index contributed by atoms with van der Waals surface area (Å²) in [5, 5.41) is 10.0. The molecule has 1 N–H and O–H groups in total. The van der Waals surface area contributed by atoms with Gasteiger partial charge in [0.05, 0.1) is 19.6 Å². The van der Waals surface area contributed by atoms with Crippen molar-refractivity contribution in [1.29, 1.82) is 0 Å². The molecule has 0 spiro atoms. The number of carboxylic acids is 1. The summed E-state index contributed by atoms with van der Waals surface area (Å²) in [6.07, 6.45) is 0.0170. The molecule has 1 atom stereocenters. The fourth-order valence-corrected chi connectivity index (χ4v) is 2.43. The van der Waals surface area contributed by atoms with E-state index in [1.54, 1.807) is 18.2 Å². The van der Waals surface area contributed by atoms with Gasteiger partial charge in [-0.1, -0.05) is 23.2 Å². The number of amides is 1. The molecule has 5 nitrogen and oxygen atoms in total. The fraction of sp³-hybridized carbons (Fsp3) is 0.385. The zero-order valence-electron chi connectivity index (χ0n) is 10.5. The minimum atomic E-state index is -1.07. The number of hydrogen-bond acceptors (Lipinski definition) is 3. The lowest BCUT2D eigenvalue weighted by Gasteiger charge is -2.33. The summed E-state index contributed by atoms with van der Waals surface area (Å²) in [4.78, 5) is 24.7. The van der Waals surface area contributed by atoms with Crippen LogP contribution in [0.2, 0.25) is 10.0 Å². The Kier molecular flexibility index (Phi) is 4.86. The van der Waals surface area contributed by atoms with E-state index in [9.17, 15) is 9.59 Å². The maximum Gasteiger partial charge on any atom is 0.328 e. The Balaban J connectivity index is 2.14. The van der Waals surface area contributed by atoms with Crippen molar-refractivity contribution in [3.8, 4) is 0 Å². The van der Waals surface area contributed by atoms with E-state index in [1.807, 2.05) is 0 Å². The molecule has 1 aromatic rings. The average molecular weight is 318 g/mol. The number of ether oxygens (including phenoxy) is 1. The van der Waals surface area contributed by atoms with Crippen LogP contribution in [-0.2, 0) is 20.7 Å². The van der Waals surface area contributed by atoms with Crippen molar-refractivity contribution in [3.63, 3.8) is 0 Å². The van der Waals surface area contributed by atoms with Crippen molar-refractivity contribution in [2.45, 2.75) is 12.5 Å². The topological polar surface area (TPSA) is 66.8 Å². The number of halogens is 2. The molecule has 2 rings (SSSR count). The fourth-order valence-electron chi connectivity index (χ4n) is 2.05. The molecule has 20 heavy (non-hydrogen) atoms. The van der Waals surface area contributed by atoms with Crippen molar-refractivity contribution in [2.24, 2.45) is 0 Å². The van der Waals surface area contributed by atoms with Crippen LogP contribution in [0.1, 0.15) is 5.56 Å². The Morgan fingerprint density at radius 1 is 1.40 bits per heavy atom. The van der Waals surface area contributed by atoms with Gasteiger partial charge >= 0.3 is 5.97 Å². The van der Waals surface area contributed by atoms with Gasteiger partial charge in [-0.15, -0.1) is 0 Å². The Morgan fingerprint density at radius 2 is 2.15 bits per heavy atom. The molecule has 1 aliphatic heterocycles. The molecule has 108 valence electrons. The Hall–Kier alpha value is -1.30. The van der Waals surface area contributed by atoms with Crippen LogP contribution >= 0.6 is 23.2 Å². The van der Waals surface area contributed by atoms with Gasteiger partial charge in [0.1, 0.15) is 0 Å². The summed E-state index contributed by atoms with van der Waals surface area (Å²) in [5.41, 5.74) is 0.583. The molecule has 1 fully saturated rings. The molecule has 7 heteroatoms. The predicted octanol–water partition coefficient (Wildman–Crippen LogP) is 1.85. The van der Waals surface area contributed by atoms with Crippen LogP contribution in [0.3, 0.4) is 0 Å². The first kappa shape index (κ1) is 15.1. The minimum absolute atomic E-state index is 0.00432. The zero-order chi connectivity index (χ0) is 14.7. The SMILES string of the molecule is O=C(O)C1COCCN1C(=O)Cc1cc(Cl)ccc1Cl. The molecule has 1 aliphatic rings. The number of nitrogens with zero attached hydrogens (tertiary/aromatic N) is 1. The number of carbonyl (C=O) groups is 2. The molecular weight excluding hydrogens is 305 g/mol. The smallest absolute Gasteiger partial charge is 0.328 e. The lowest BCUT2D eigenvalue weighted by Crippen LogP contribution is -2.53. The summed E-state index contributed by atoms with van der Waals surface area (Å²) >= 11 is 11.9. The van der Waals surface area contributed by atoms with Gasteiger partial charge in [0, 0.05) is 16.6 Å². The molecule has 1 amide bonds. The van der Waals surface area contributed by atoms with Crippen molar-refractivity contribution in [1.82, 2.24) is 4.90 Å². The van der Waals surface area contributed by atoms with E-state index in [0.29, 0.717) is 22.2 Å². The number of carboxylic acid groups (broad SMARTS) is 1. The highest BCUT2D eigenvalue weighted by Crippen LogP contribution is 2.22. The first-order valence-corrected chi connectivity index (χ1v) is 6.78. The van der Waals surface area contributed by atoms with Gasteiger partial charge in [0.25, 0.3) is 0 Å². The van der Waals surface area contributed by atoms with E-state index in [-0.39, 0.29) is 25.5 Å². The zero-order valence-corrected chi connectivity index (χ0v) is 12.0. The summed E-state index contributed by atoms with van der Waals surface area (Å²) < 4.78 is 5.09. The standard InChI is InChI=1S/C13H13Cl2NO4/c14-9-1-2-10(15)8(5-9)6-12(17)16-3-4-20-7-11(16)13(18)19/h1-2,5,11H,3-4,6-7H2,(H,18,19). The van der Waals surface area contributed by atoms with Crippen LogP contribution in [0.25, 0.3) is 0 Å². The quantitative estimate of drug-likeness (QED) is 0.923. The third-order valence-corrected chi connectivity index (χ3v) is 3.69. The lowest BCUT2D eigenvalue weighted by atomic mass is 10.1. The molecule has 1 aromatic carbocycles. The first-order valence-electron chi connectivity index (χ1n) is 6.03. The van der Waals surface area contributed by atoms with E-state index >= 15 is 0 Å². The van der Waals surface area contributed by atoms with E-state index in [2.05, 4.69) is 0 Å². The van der Waals surface area contributed by atoms with Gasteiger partial charge in [-0.3, -0.25) is 4.79 Å². The molecule has 0 aliphatic carbocycles. The number of carbonyl (C=O) groups excluding carboxylic acids is 1. The summed E-state index contributed by atoms with van der Waals surface area (Å²) in [5.74, 6) is -1.37. The van der Waals surface area contributed by atoms with Crippen molar-refractivity contribution in [3.05, 3.63) is 33.8 Å². The average Bonchev–Trinajstić information content (AvgIpc) is 2.42. The highest BCUT2D eigenvalue weighted by atomic mass is 35.5. The second-order valence-electron chi connectivity index (χ2n) is 4.43. The number of aliphatic carboxylic acids is 1. The normalized spacial score (nSPS) is 18.9. The molecular formula is C13H13Cl2NO4. The second-order valence-corrected chi connectivity index (χ2v) is 5.27. The van der Waals surface area contributed by atoms with Crippen LogP contribution in [0.15, 0.2) is 18.2 Å². The molecule has 0 bridgehead atoms. The Morgan fingerprint density at radius 3 is 2.85 bits per heavy atom. The highest BCUT2D eigenvalue weighted by molar-refractivity contribution is 6.33. The number of benzene rings is 1. The minimum Gasteiger partial charge on any atom is -0.480 e. The molecule has 1 saturated heterocycles.